The van der Waals surface area contributed by atoms with Crippen LogP contribution in [0.5, 0.6) is 0 Å². The van der Waals surface area contributed by atoms with Gasteiger partial charge < -0.3 is 15.5 Å². The summed E-state index contributed by atoms with van der Waals surface area (Å²) in [6.45, 7) is 2.02. The number of aliphatic carboxylic acids is 1. The Morgan fingerprint density at radius 3 is 2.38 bits per heavy atom. The number of carboxylic acid groups (broad SMARTS) is 1. The predicted molar refractivity (Wildman–Crippen MR) is 57.8 cm³/mol. The molecule has 0 aromatic heterocycles. The molecule has 0 aromatic carbocycles. The summed E-state index contributed by atoms with van der Waals surface area (Å²) in [6, 6.07) is 0. The highest BCUT2D eigenvalue weighted by Gasteiger charge is 2.35. The van der Waals surface area contributed by atoms with Crippen LogP contribution in [0.3, 0.4) is 0 Å². The molecule has 92 valence electrons. The first-order chi connectivity index (χ1) is 7.47. The minimum absolute atomic E-state index is 0.120. The van der Waals surface area contributed by atoms with Crippen molar-refractivity contribution in [2.45, 2.75) is 44.6 Å². The van der Waals surface area contributed by atoms with Crippen LogP contribution in [0, 0.1) is 5.92 Å². The fourth-order valence-electron chi connectivity index (χ4n) is 2.11. The Kier molecular flexibility index (Phi) is 4.29. The van der Waals surface area contributed by atoms with E-state index in [9.17, 15) is 14.7 Å². The zero-order valence-corrected chi connectivity index (χ0v) is 9.53. The van der Waals surface area contributed by atoms with E-state index in [-0.39, 0.29) is 6.61 Å². The molecule has 1 rings (SSSR count). The highest BCUT2D eigenvalue weighted by atomic mass is 16.4. The summed E-state index contributed by atoms with van der Waals surface area (Å²) in [4.78, 5) is 21.7. The maximum Gasteiger partial charge on any atom is 0.312 e. The normalized spacial score (nSPS) is 29.8. The van der Waals surface area contributed by atoms with E-state index < -0.39 is 23.8 Å². The smallest absolute Gasteiger partial charge is 0.312 e. The van der Waals surface area contributed by atoms with Gasteiger partial charge in [-0.3, -0.25) is 9.59 Å². The van der Waals surface area contributed by atoms with E-state index in [1.165, 1.54) is 0 Å². The van der Waals surface area contributed by atoms with Gasteiger partial charge in [0.05, 0.1) is 12.1 Å². The Labute approximate surface area is 94.8 Å². The molecule has 0 bridgehead atoms. The van der Waals surface area contributed by atoms with Crippen molar-refractivity contribution < 1.29 is 19.8 Å². The molecule has 0 spiro atoms. The van der Waals surface area contributed by atoms with Gasteiger partial charge in [0.25, 0.3) is 0 Å². The highest BCUT2D eigenvalue weighted by Crippen LogP contribution is 2.31. The number of carbonyl (C=O) groups excluding carboxylic acids is 1. The van der Waals surface area contributed by atoms with Crippen LogP contribution in [0.15, 0.2) is 0 Å². The number of aliphatic hydroxyl groups excluding tert-OH is 1. The van der Waals surface area contributed by atoms with Gasteiger partial charge in [0.15, 0.2) is 0 Å². The van der Waals surface area contributed by atoms with Gasteiger partial charge in [0, 0.05) is 0 Å². The topological polar surface area (TPSA) is 86.6 Å². The Morgan fingerprint density at radius 2 is 1.94 bits per heavy atom. The Hall–Kier alpha value is -1.10. The van der Waals surface area contributed by atoms with E-state index in [4.69, 9.17) is 5.11 Å². The van der Waals surface area contributed by atoms with Gasteiger partial charge in [-0.2, -0.15) is 0 Å². The lowest BCUT2D eigenvalue weighted by molar-refractivity contribution is -0.141. The molecule has 3 N–H and O–H groups in total. The van der Waals surface area contributed by atoms with Crippen LogP contribution < -0.4 is 5.32 Å². The lowest BCUT2D eigenvalue weighted by atomic mass is 9.77. The van der Waals surface area contributed by atoms with Gasteiger partial charge in [-0.25, -0.2) is 0 Å². The molecule has 5 heteroatoms. The number of nitrogens with one attached hydrogen (secondary N) is 1. The molecule has 0 saturated heterocycles. The highest BCUT2D eigenvalue weighted by molar-refractivity contribution is 5.93. The van der Waals surface area contributed by atoms with Crippen LogP contribution in [0.4, 0.5) is 0 Å². The average Bonchev–Trinajstić information content (AvgIpc) is 2.21. The number of carbonyl (C=O) groups is 2. The van der Waals surface area contributed by atoms with Crippen LogP contribution in [0.1, 0.15) is 39.0 Å². The second-order valence-electron chi connectivity index (χ2n) is 4.74. The van der Waals surface area contributed by atoms with Crippen molar-refractivity contribution in [2.75, 3.05) is 6.61 Å². The molecule has 0 aliphatic heterocycles. The molecule has 0 unspecified atom stereocenters. The first kappa shape index (κ1) is 13.0. The summed E-state index contributed by atoms with van der Waals surface area (Å²) in [6.07, 6.45) is 2.81. The Bertz CT molecular complexity index is 269. The average molecular weight is 229 g/mol. The number of hydrogen-bond donors (Lipinski definition) is 3. The quantitative estimate of drug-likeness (QED) is 0.613. The molecule has 5 nitrogen and oxygen atoms in total. The van der Waals surface area contributed by atoms with Gasteiger partial charge in [0.1, 0.15) is 6.42 Å². The molecule has 1 saturated carbocycles. The van der Waals surface area contributed by atoms with Gasteiger partial charge in [-0.05, 0) is 31.6 Å². The molecule has 1 aliphatic rings. The van der Waals surface area contributed by atoms with Crippen LogP contribution >= 0.6 is 0 Å². The van der Waals surface area contributed by atoms with Crippen LogP contribution in [-0.4, -0.2) is 34.2 Å². The van der Waals surface area contributed by atoms with Crippen LogP contribution in [-0.2, 0) is 9.59 Å². The summed E-state index contributed by atoms with van der Waals surface area (Å²) >= 11 is 0. The molecule has 0 aromatic rings. The standard InChI is InChI=1S/C11H19NO4/c1-8-2-4-11(7-13,5-3-8)12-9(14)6-10(15)16/h8,13H,2-7H2,1H3,(H,12,14)(H,15,16). The molecule has 1 fully saturated rings. The van der Waals surface area contributed by atoms with Crippen molar-refractivity contribution >= 4 is 11.9 Å². The summed E-state index contributed by atoms with van der Waals surface area (Å²) in [5.41, 5.74) is -0.598. The zero-order chi connectivity index (χ0) is 12.2. The van der Waals surface area contributed by atoms with Crippen LogP contribution in [0.25, 0.3) is 0 Å². The van der Waals surface area contributed by atoms with Crippen molar-refractivity contribution in [1.82, 2.24) is 5.32 Å². The monoisotopic (exact) mass is 229 g/mol. The van der Waals surface area contributed by atoms with E-state index in [0.29, 0.717) is 5.92 Å². The van der Waals surface area contributed by atoms with E-state index in [1.54, 1.807) is 0 Å². The fraction of sp³-hybridized carbons (Fsp3) is 0.818. The second kappa shape index (κ2) is 5.30. The minimum atomic E-state index is -1.14. The van der Waals surface area contributed by atoms with Crippen LogP contribution in [0.2, 0.25) is 0 Å². The molecule has 1 amide bonds. The van der Waals surface area contributed by atoms with E-state index >= 15 is 0 Å². The van der Waals surface area contributed by atoms with Crippen molar-refractivity contribution in [2.24, 2.45) is 5.92 Å². The molecule has 0 atom stereocenters. The lowest BCUT2D eigenvalue weighted by Gasteiger charge is -2.38. The third kappa shape index (κ3) is 3.48. The number of hydrogen-bond acceptors (Lipinski definition) is 3. The molecule has 16 heavy (non-hydrogen) atoms. The van der Waals surface area contributed by atoms with Gasteiger partial charge in [-0.1, -0.05) is 6.92 Å². The van der Waals surface area contributed by atoms with Crippen molar-refractivity contribution in [1.29, 1.82) is 0 Å². The SMILES string of the molecule is CC1CCC(CO)(NC(=O)CC(=O)O)CC1. The molecular weight excluding hydrogens is 210 g/mol. The summed E-state index contributed by atoms with van der Waals surface area (Å²) in [7, 11) is 0. The number of carboxylic acids is 1. The fourth-order valence-corrected chi connectivity index (χ4v) is 2.11. The Balaban J connectivity index is 2.53. The van der Waals surface area contributed by atoms with Crippen molar-refractivity contribution in [3.05, 3.63) is 0 Å². The number of rotatable bonds is 4. The van der Waals surface area contributed by atoms with E-state index in [0.717, 1.165) is 25.7 Å². The lowest BCUT2D eigenvalue weighted by Crippen LogP contribution is -2.53. The zero-order valence-electron chi connectivity index (χ0n) is 9.53. The Morgan fingerprint density at radius 1 is 1.38 bits per heavy atom. The second-order valence-corrected chi connectivity index (χ2v) is 4.74. The summed E-state index contributed by atoms with van der Waals surface area (Å²) < 4.78 is 0. The van der Waals surface area contributed by atoms with Gasteiger partial charge in [-0.15, -0.1) is 0 Å². The van der Waals surface area contributed by atoms with Gasteiger partial charge in [0.2, 0.25) is 5.91 Å². The van der Waals surface area contributed by atoms with Crippen molar-refractivity contribution in [3.8, 4) is 0 Å². The first-order valence-electron chi connectivity index (χ1n) is 5.61. The largest absolute Gasteiger partial charge is 0.481 e. The molecular formula is C11H19NO4. The summed E-state index contributed by atoms with van der Waals surface area (Å²) in [5.74, 6) is -1.05. The third-order valence-corrected chi connectivity index (χ3v) is 3.25. The maximum absolute atomic E-state index is 11.4. The van der Waals surface area contributed by atoms with E-state index in [1.807, 2.05) is 0 Å². The van der Waals surface area contributed by atoms with E-state index in [2.05, 4.69) is 12.2 Å². The first-order valence-corrected chi connectivity index (χ1v) is 5.61. The molecule has 0 radical (unpaired) electrons. The van der Waals surface area contributed by atoms with Crippen molar-refractivity contribution in [3.63, 3.8) is 0 Å². The minimum Gasteiger partial charge on any atom is -0.481 e. The number of aliphatic hydroxyl groups is 1. The third-order valence-electron chi connectivity index (χ3n) is 3.25. The molecule has 1 aliphatic carbocycles. The maximum atomic E-state index is 11.4. The van der Waals surface area contributed by atoms with Gasteiger partial charge >= 0.3 is 5.97 Å². The summed E-state index contributed by atoms with van der Waals surface area (Å²) in [5, 5.41) is 20.5. The molecule has 0 heterocycles. The predicted octanol–water partition coefficient (Wildman–Crippen LogP) is 0.518. The number of amides is 1.